The number of hydrogen-bond donors (Lipinski definition) is 5. The Balaban J connectivity index is 2.13. The van der Waals surface area contributed by atoms with Gasteiger partial charge in [-0.15, -0.1) is 11.3 Å². The molecule has 1 aromatic heterocycles. The summed E-state index contributed by atoms with van der Waals surface area (Å²) in [5, 5.41) is 39.0. The van der Waals surface area contributed by atoms with Crippen LogP contribution in [0.2, 0.25) is 0 Å². The van der Waals surface area contributed by atoms with Crippen molar-refractivity contribution in [2.75, 3.05) is 13.2 Å². The highest BCUT2D eigenvalue weighted by Crippen LogP contribution is 2.34. The van der Waals surface area contributed by atoms with Crippen LogP contribution >= 0.6 is 11.3 Å². The number of thiazole rings is 1. The molecular weight excluding hydrogens is 302 g/mol. The van der Waals surface area contributed by atoms with Gasteiger partial charge in [-0.05, 0) is 0 Å². The van der Waals surface area contributed by atoms with Crippen molar-refractivity contribution >= 4 is 23.1 Å². The normalized spacial score (nSPS) is 29.8. The van der Waals surface area contributed by atoms with Gasteiger partial charge in [0.15, 0.2) is 0 Å². The predicted octanol–water partition coefficient (Wildman–Crippen LogP) is -1.91. The Morgan fingerprint density at radius 2 is 2.19 bits per heavy atom. The van der Waals surface area contributed by atoms with Gasteiger partial charge in [-0.25, -0.2) is 4.98 Å². The predicted molar refractivity (Wildman–Crippen MR) is 72.1 cm³/mol. The molecule has 116 valence electrons. The van der Waals surface area contributed by atoms with E-state index in [0.717, 1.165) is 11.3 Å². The molecule has 9 nitrogen and oxygen atoms in total. The number of nitrogens with zero attached hydrogens (tertiary/aromatic N) is 2. The number of carboxylic acids is 1. The topological polar surface area (TPSA) is 158 Å². The minimum Gasteiger partial charge on any atom is -0.480 e. The lowest BCUT2D eigenvalue weighted by Gasteiger charge is -2.11. The third kappa shape index (κ3) is 3.36. The van der Waals surface area contributed by atoms with Gasteiger partial charge in [0.25, 0.3) is 0 Å². The average molecular weight is 317 g/mol. The summed E-state index contributed by atoms with van der Waals surface area (Å²) in [6, 6.07) is 0. The molecule has 4 atom stereocenters. The fraction of sp³-hybridized carbons (Fsp3) is 0.545. The number of carboxylic acid groups (broad SMARTS) is 1. The Bertz CT molecular complexity index is 548. The van der Waals surface area contributed by atoms with Crippen molar-refractivity contribution in [3.05, 3.63) is 16.1 Å². The number of aromatic nitrogens is 1. The molecule has 0 radical (unpaired) electrons. The van der Waals surface area contributed by atoms with Crippen molar-refractivity contribution in [1.29, 1.82) is 0 Å². The molecular formula is C11H15N3O6S. The number of ether oxygens (including phenoxy) is 1. The second-order valence-electron chi connectivity index (χ2n) is 4.43. The highest BCUT2D eigenvalue weighted by atomic mass is 32.1. The van der Waals surface area contributed by atoms with Gasteiger partial charge in [0, 0.05) is 5.38 Å². The smallest absolute Gasteiger partial charge is 0.325 e. The van der Waals surface area contributed by atoms with E-state index in [0.29, 0.717) is 5.01 Å². The maximum absolute atomic E-state index is 10.4. The van der Waals surface area contributed by atoms with E-state index in [9.17, 15) is 15.0 Å². The lowest BCUT2D eigenvalue weighted by molar-refractivity contribution is -0.135. The quantitative estimate of drug-likeness (QED) is 0.311. The Labute approximate surface area is 123 Å². The number of rotatable bonds is 5. The van der Waals surface area contributed by atoms with Gasteiger partial charge in [0.05, 0.1) is 6.61 Å². The summed E-state index contributed by atoms with van der Waals surface area (Å²) in [5.74, 6) is -1.15. The molecule has 1 aliphatic rings. The minimum absolute atomic E-state index is 0.0355. The maximum Gasteiger partial charge on any atom is 0.325 e. The molecule has 2 rings (SSSR count). The number of carbonyl (C=O) groups is 1. The molecule has 0 aromatic carbocycles. The van der Waals surface area contributed by atoms with Crippen LogP contribution in [0.15, 0.2) is 10.4 Å². The summed E-state index contributed by atoms with van der Waals surface area (Å²) in [6.07, 6.45) is -4.16. The molecule has 1 aromatic rings. The van der Waals surface area contributed by atoms with E-state index in [1.165, 1.54) is 0 Å². The van der Waals surface area contributed by atoms with Crippen LogP contribution in [0.4, 0.5) is 0 Å². The molecule has 0 amide bonds. The molecule has 1 saturated heterocycles. The number of aliphatic hydroxyl groups excluding tert-OH is 3. The Kier molecular flexibility index (Phi) is 4.85. The van der Waals surface area contributed by atoms with Crippen LogP contribution in [-0.2, 0) is 9.53 Å². The molecule has 6 N–H and O–H groups in total. The van der Waals surface area contributed by atoms with Crippen molar-refractivity contribution in [2.24, 2.45) is 10.7 Å². The van der Waals surface area contributed by atoms with Crippen molar-refractivity contribution < 1.29 is 30.0 Å². The number of aliphatic hydroxyl groups is 3. The second kappa shape index (κ2) is 6.45. The number of aliphatic carboxylic acids is 1. The highest BCUT2D eigenvalue weighted by molar-refractivity contribution is 7.09. The first kappa shape index (κ1) is 15.8. The van der Waals surface area contributed by atoms with Gasteiger partial charge in [-0.1, -0.05) is 0 Å². The van der Waals surface area contributed by atoms with E-state index in [1.807, 2.05) is 0 Å². The largest absolute Gasteiger partial charge is 0.480 e. The number of aliphatic imine (C=N–C) groups is 1. The summed E-state index contributed by atoms with van der Waals surface area (Å²) in [5.41, 5.74) is 5.88. The van der Waals surface area contributed by atoms with Gasteiger partial charge >= 0.3 is 5.97 Å². The van der Waals surface area contributed by atoms with Crippen LogP contribution in [0.1, 0.15) is 16.8 Å². The first-order chi connectivity index (χ1) is 9.93. The number of amidine groups is 1. The van der Waals surface area contributed by atoms with Crippen molar-refractivity contribution in [3.63, 3.8) is 0 Å². The molecule has 21 heavy (non-hydrogen) atoms. The van der Waals surface area contributed by atoms with Crippen LogP contribution in [0, 0.1) is 0 Å². The van der Waals surface area contributed by atoms with E-state index in [2.05, 4.69) is 9.98 Å². The Morgan fingerprint density at radius 1 is 1.48 bits per heavy atom. The number of nitrogens with two attached hydrogens (primary N) is 1. The summed E-state index contributed by atoms with van der Waals surface area (Å²) >= 11 is 1.13. The lowest BCUT2D eigenvalue weighted by Crippen LogP contribution is -2.32. The summed E-state index contributed by atoms with van der Waals surface area (Å²) in [6.45, 7) is -0.887. The summed E-state index contributed by atoms with van der Waals surface area (Å²) in [7, 11) is 0. The third-order valence-electron chi connectivity index (χ3n) is 2.95. The van der Waals surface area contributed by atoms with Gasteiger partial charge < -0.3 is 30.9 Å². The minimum atomic E-state index is -1.21. The second-order valence-corrected chi connectivity index (χ2v) is 5.31. The molecule has 0 aliphatic carbocycles. The van der Waals surface area contributed by atoms with Gasteiger partial charge in [-0.3, -0.25) is 9.79 Å². The number of hydrogen-bond acceptors (Lipinski definition) is 8. The average Bonchev–Trinajstić information content (AvgIpc) is 3.03. The molecule has 10 heteroatoms. The zero-order valence-electron chi connectivity index (χ0n) is 10.8. The standard InChI is InChI=1S/C11H15N3O6S/c12-10(13-1-6(16)17)4-3-21-11(14-4)9-8(19)7(18)5(2-15)20-9/h3,5,7-9,15,18-19H,1-2H2,(H2,12,13)(H,16,17)/t5-,7-,8-,9-/m1/s1. The molecule has 1 fully saturated rings. The van der Waals surface area contributed by atoms with Crippen molar-refractivity contribution in [2.45, 2.75) is 24.4 Å². The zero-order valence-corrected chi connectivity index (χ0v) is 11.6. The van der Waals surface area contributed by atoms with Gasteiger partial charge in [0.1, 0.15) is 47.5 Å². The van der Waals surface area contributed by atoms with E-state index >= 15 is 0 Å². The molecule has 2 heterocycles. The van der Waals surface area contributed by atoms with Crippen LogP contribution < -0.4 is 5.73 Å². The first-order valence-corrected chi connectivity index (χ1v) is 6.92. The monoisotopic (exact) mass is 317 g/mol. The van der Waals surface area contributed by atoms with E-state index in [4.69, 9.17) is 20.7 Å². The Hall–Kier alpha value is -1.59. The van der Waals surface area contributed by atoms with Crippen LogP contribution in [-0.4, -0.2) is 68.7 Å². The fourth-order valence-corrected chi connectivity index (χ4v) is 2.76. The Morgan fingerprint density at radius 3 is 2.76 bits per heavy atom. The molecule has 0 bridgehead atoms. The lowest BCUT2D eigenvalue weighted by atomic mass is 10.1. The molecule has 0 spiro atoms. The molecule has 0 unspecified atom stereocenters. The SMILES string of the molecule is NC(=NCC(=O)O)c1csc([C@@H]2O[C@H](CO)[C@@H](O)[C@H]2O)n1. The highest BCUT2D eigenvalue weighted by Gasteiger charge is 2.44. The van der Waals surface area contributed by atoms with E-state index in [-0.39, 0.29) is 11.5 Å². The van der Waals surface area contributed by atoms with Crippen LogP contribution in [0.5, 0.6) is 0 Å². The first-order valence-electron chi connectivity index (χ1n) is 6.04. The molecule has 0 saturated carbocycles. The van der Waals surface area contributed by atoms with E-state index < -0.39 is 43.5 Å². The fourth-order valence-electron chi connectivity index (χ4n) is 1.87. The van der Waals surface area contributed by atoms with Gasteiger partial charge in [-0.2, -0.15) is 0 Å². The maximum atomic E-state index is 10.4. The van der Waals surface area contributed by atoms with Crippen molar-refractivity contribution in [1.82, 2.24) is 4.98 Å². The van der Waals surface area contributed by atoms with E-state index in [1.54, 1.807) is 5.38 Å². The zero-order chi connectivity index (χ0) is 15.6. The third-order valence-corrected chi connectivity index (χ3v) is 3.86. The summed E-state index contributed by atoms with van der Waals surface area (Å²) in [4.78, 5) is 18.2. The van der Waals surface area contributed by atoms with Crippen LogP contribution in [0.3, 0.4) is 0 Å². The van der Waals surface area contributed by atoms with Crippen molar-refractivity contribution in [3.8, 4) is 0 Å². The van der Waals surface area contributed by atoms with Gasteiger partial charge in [0.2, 0.25) is 0 Å². The molecule has 1 aliphatic heterocycles. The summed E-state index contributed by atoms with van der Waals surface area (Å²) < 4.78 is 5.34. The van der Waals surface area contributed by atoms with Crippen LogP contribution in [0.25, 0.3) is 0 Å².